The van der Waals surface area contributed by atoms with Crippen LogP contribution in [0.5, 0.6) is 5.75 Å². The van der Waals surface area contributed by atoms with Crippen molar-refractivity contribution in [3.63, 3.8) is 0 Å². The Hall–Kier alpha value is -4.34. The van der Waals surface area contributed by atoms with Gasteiger partial charge in [-0.25, -0.2) is 0 Å². The van der Waals surface area contributed by atoms with Gasteiger partial charge in [0.25, 0.3) is 0 Å². The maximum absolute atomic E-state index is 14.0. The topological polar surface area (TPSA) is 269 Å². The van der Waals surface area contributed by atoms with Crippen LogP contribution < -0.4 is 38.5 Å². The first kappa shape index (κ1) is 42.1. The zero-order valence-electron chi connectivity index (χ0n) is 29.9. The average molecular weight is 728 g/mol. The summed E-state index contributed by atoms with van der Waals surface area (Å²) in [6.45, 7) is 0.774. The van der Waals surface area contributed by atoms with Gasteiger partial charge in [-0.1, -0.05) is 43.5 Å². The summed E-state index contributed by atoms with van der Waals surface area (Å²) < 4.78 is 0. The Morgan fingerprint density at radius 3 is 1.96 bits per heavy atom. The normalized spacial score (nSPS) is 22.9. The summed E-state index contributed by atoms with van der Waals surface area (Å²) in [5, 5.41) is 30.7. The molecule has 2 aliphatic rings. The number of rotatable bonds is 18. The fourth-order valence-corrected chi connectivity index (χ4v) is 6.33. The number of hydrogen-bond donors (Lipinski definition) is 9. The number of Topliss-reactive ketones (excluding diaryl/α,β-unsaturated/α-hetero) is 1. The number of aromatic hydroxyl groups is 1. The Kier molecular flexibility index (Phi) is 17.7. The van der Waals surface area contributed by atoms with Crippen LogP contribution in [-0.4, -0.2) is 88.9 Å². The van der Waals surface area contributed by atoms with Gasteiger partial charge in [-0.3, -0.25) is 28.8 Å². The predicted molar refractivity (Wildman–Crippen MR) is 194 cm³/mol. The lowest BCUT2D eigenvalue weighted by Gasteiger charge is -2.29. The molecule has 0 spiro atoms. The number of nitrogens with one attached hydrogen (secondary N) is 4. The highest BCUT2D eigenvalue weighted by Crippen LogP contribution is 2.33. The van der Waals surface area contributed by atoms with Crippen molar-refractivity contribution in [2.45, 2.75) is 120 Å². The molecule has 0 bridgehead atoms. The van der Waals surface area contributed by atoms with Gasteiger partial charge in [0.15, 0.2) is 5.78 Å². The van der Waals surface area contributed by atoms with Crippen molar-refractivity contribution < 1.29 is 39.0 Å². The third kappa shape index (κ3) is 14.0. The molecule has 52 heavy (non-hydrogen) atoms. The van der Waals surface area contributed by atoms with Crippen molar-refractivity contribution in [3.8, 4) is 5.75 Å². The summed E-state index contributed by atoms with van der Waals surface area (Å²) in [4.78, 5) is 80.1. The number of unbranched alkanes of at least 4 members (excludes halogenated alkanes) is 2. The third-order valence-electron chi connectivity index (χ3n) is 9.78. The highest BCUT2D eigenvalue weighted by Gasteiger charge is 2.34. The van der Waals surface area contributed by atoms with E-state index in [9.17, 15) is 39.0 Å². The summed E-state index contributed by atoms with van der Waals surface area (Å²) in [7, 11) is 0. The van der Waals surface area contributed by atoms with E-state index in [2.05, 4.69) is 21.3 Å². The molecule has 0 saturated heterocycles. The number of amides is 4. The number of hydrogen-bond acceptors (Lipinski definition) is 10. The summed E-state index contributed by atoms with van der Waals surface area (Å²) in [6.07, 6.45) is 8.98. The van der Waals surface area contributed by atoms with E-state index in [1.54, 1.807) is 24.3 Å². The second-order valence-corrected chi connectivity index (χ2v) is 14.0. The van der Waals surface area contributed by atoms with E-state index < -0.39 is 71.5 Å². The smallest absolute Gasteiger partial charge is 0.306 e. The second-order valence-electron chi connectivity index (χ2n) is 14.0. The molecule has 1 aromatic rings. The molecule has 6 atom stereocenters. The fourth-order valence-electron chi connectivity index (χ4n) is 6.33. The Bertz CT molecular complexity index is 1380. The maximum Gasteiger partial charge on any atom is 0.306 e. The van der Waals surface area contributed by atoms with Crippen molar-refractivity contribution in [2.24, 2.45) is 29.0 Å². The molecule has 0 unspecified atom stereocenters. The van der Waals surface area contributed by atoms with E-state index in [1.807, 2.05) is 0 Å². The lowest BCUT2D eigenvalue weighted by Crippen LogP contribution is -2.58. The summed E-state index contributed by atoms with van der Waals surface area (Å²) in [5.41, 5.74) is 18.1. The summed E-state index contributed by atoms with van der Waals surface area (Å²) in [5.74, 6) is -4.64. The lowest BCUT2D eigenvalue weighted by molar-refractivity contribution is -0.145. The van der Waals surface area contributed by atoms with Crippen molar-refractivity contribution in [1.29, 1.82) is 0 Å². The van der Waals surface area contributed by atoms with Crippen molar-refractivity contribution in [3.05, 3.63) is 42.0 Å². The largest absolute Gasteiger partial charge is 0.508 e. The molecule has 12 N–H and O–H groups in total. The van der Waals surface area contributed by atoms with Gasteiger partial charge in [0.1, 0.15) is 23.9 Å². The maximum atomic E-state index is 14.0. The molecule has 1 aliphatic heterocycles. The minimum absolute atomic E-state index is 0.0171. The minimum Gasteiger partial charge on any atom is -0.508 e. The predicted octanol–water partition coefficient (Wildman–Crippen LogP) is 0.659. The van der Waals surface area contributed by atoms with Crippen LogP contribution in [0.15, 0.2) is 36.4 Å². The standard InChI is InChI=1S/C37H57N7O8/c38-18-5-3-12-28-34(48)43-30(13-4-6-19-39)35(49)42-29(11-2-1-10-27(40)33(47)41-28)36(50)44-31(21-24-14-16-26(45)17-15-24)32(46)22-25(37(51)52)20-23-8-7-9-23/h1-2,14-17,23,25,27-31,45H,3-13,18-22,38-40H2,(H,41,47)(H,42,49)(H,43,48)(H,44,50)(H,51,52)/t25-,27+,28+,29+,30+,31+/m1/s1. The van der Waals surface area contributed by atoms with Gasteiger partial charge in [0.05, 0.1) is 18.0 Å². The molecule has 1 saturated carbocycles. The number of carboxylic acid groups (broad SMARTS) is 1. The van der Waals surface area contributed by atoms with Crippen LogP contribution in [0.1, 0.15) is 89.0 Å². The summed E-state index contributed by atoms with van der Waals surface area (Å²) >= 11 is 0. The number of aliphatic carboxylic acids is 1. The van der Waals surface area contributed by atoms with Crippen LogP contribution in [-0.2, 0) is 35.2 Å². The number of phenolic OH excluding ortho intramolecular Hbond substituents is 1. The average Bonchev–Trinajstić information content (AvgIpc) is 3.09. The molecule has 0 aromatic heterocycles. The minimum atomic E-state index is -1.20. The van der Waals surface area contributed by atoms with Crippen molar-refractivity contribution >= 4 is 35.4 Å². The Morgan fingerprint density at radius 2 is 1.40 bits per heavy atom. The molecular formula is C37H57N7O8. The molecule has 1 aromatic carbocycles. The highest BCUT2D eigenvalue weighted by atomic mass is 16.4. The van der Waals surface area contributed by atoms with Gasteiger partial charge in [0, 0.05) is 6.42 Å². The highest BCUT2D eigenvalue weighted by molar-refractivity contribution is 5.96. The number of nitrogens with two attached hydrogens (primary N) is 3. The summed E-state index contributed by atoms with van der Waals surface area (Å²) in [6, 6.07) is 0.748. The molecule has 1 fully saturated rings. The molecule has 3 rings (SSSR count). The second kappa shape index (κ2) is 21.9. The number of carboxylic acids is 1. The molecule has 15 heteroatoms. The first-order valence-corrected chi connectivity index (χ1v) is 18.5. The van der Waals surface area contributed by atoms with Gasteiger partial charge < -0.3 is 48.7 Å². The van der Waals surface area contributed by atoms with Gasteiger partial charge in [-0.05, 0) is 101 Å². The number of carbonyl (C=O) groups is 6. The monoisotopic (exact) mass is 727 g/mol. The SMILES string of the molecule is NCCCC[C@@H]1NC(=O)[C@H](CCCCN)NC(=O)[C@@H](N)CC=CC[C@@H](C(=O)N[C@@H](Cc2ccc(O)cc2)C(=O)C[C@@H](CC2CCC2)C(=O)O)NC1=O. The zero-order chi connectivity index (χ0) is 38.0. The Labute approximate surface area is 305 Å². The van der Waals surface area contributed by atoms with Gasteiger partial charge in [-0.15, -0.1) is 0 Å². The first-order valence-electron chi connectivity index (χ1n) is 18.5. The number of benzene rings is 1. The van der Waals surface area contributed by atoms with E-state index in [1.165, 1.54) is 12.1 Å². The molecule has 1 heterocycles. The first-order chi connectivity index (χ1) is 24.9. The van der Waals surface area contributed by atoms with Crippen molar-refractivity contribution in [1.82, 2.24) is 21.3 Å². The number of carbonyl (C=O) groups excluding carboxylic acids is 5. The van der Waals surface area contributed by atoms with Crippen LogP contribution in [0, 0.1) is 11.8 Å². The van der Waals surface area contributed by atoms with E-state index >= 15 is 0 Å². The quantitative estimate of drug-likeness (QED) is 0.0749. The molecular weight excluding hydrogens is 670 g/mol. The Morgan fingerprint density at radius 1 is 0.827 bits per heavy atom. The molecule has 288 valence electrons. The van der Waals surface area contributed by atoms with Crippen LogP contribution in [0.4, 0.5) is 0 Å². The molecule has 4 amide bonds. The van der Waals surface area contributed by atoms with E-state index in [0.717, 1.165) is 19.3 Å². The van der Waals surface area contributed by atoms with Gasteiger partial charge >= 0.3 is 5.97 Å². The number of phenols is 1. The molecule has 15 nitrogen and oxygen atoms in total. The molecule has 1 aliphatic carbocycles. The van der Waals surface area contributed by atoms with Crippen molar-refractivity contribution in [2.75, 3.05) is 13.1 Å². The number of ketones is 1. The Balaban J connectivity index is 1.89. The van der Waals surface area contributed by atoms with Gasteiger partial charge in [-0.2, -0.15) is 0 Å². The van der Waals surface area contributed by atoms with Crippen LogP contribution >= 0.6 is 0 Å². The molecule has 0 radical (unpaired) electrons. The van der Waals surface area contributed by atoms with Crippen LogP contribution in [0.2, 0.25) is 0 Å². The fraction of sp³-hybridized carbons (Fsp3) is 0.622. The third-order valence-corrected chi connectivity index (χ3v) is 9.78. The van der Waals surface area contributed by atoms with E-state index in [-0.39, 0.29) is 50.2 Å². The zero-order valence-corrected chi connectivity index (χ0v) is 29.9. The van der Waals surface area contributed by atoms with E-state index in [0.29, 0.717) is 50.8 Å². The lowest BCUT2D eigenvalue weighted by atomic mass is 9.77. The van der Waals surface area contributed by atoms with Crippen LogP contribution in [0.3, 0.4) is 0 Å². The van der Waals surface area contributed by atoms with Gasteiger partial charge in [0.2, 0.25) is 23.6 Å². The van der Waals surface area contributed by atoms with E-state index in [4.69, 9.17) is 17.2 Å². The van der Waals surface area contributed by atoms with Crippen LogP contribution in [0.25, 0.3) is 0 Å².